The lowest BCUT2D eigenvalue weighted by Gasteiger charge is -2.14. The van der Waals surface area contributed by atoms with E-state index in [1.54, 1.807) is 0 Å². The van der Waals surface area contributed by atoms with Gasteiger partial charge < -0.3 is 4.57 Å². The minimum absolute atomic E-state index is 0.822. The van der Waals surface area contributed by atoms with Crippen LogP contribution in [0.15, 0.2) is 322 Å². The second-order valence-corrected chi connectivity index (χ2v) is 23.7. The van der Waals surface area contributed by atoms with Crippen LogP contribution in [0.5, 0.6) is 0 Å². The number of hydrogen-bond acceptors (Lipinski definition) is 4. The third-order valence-electron chi connectivity index (χ3n) is 18.4. The van der Waals surface area contributed by atoms with Crippen LogP contribution in [0, 0.1) is 0 Å². The van der Waals surface area contributed by atoms with Crippen molar-refractivity contribution in [3.63, 3.8) is 0 Å². The van der Waals surface area contributed by atoms with Gasteiger partial charge in [-0.3, -0.25) is 9.97 Å². The summed E-state index contributed by atoms with van der Waals surface area (Å²) in [5, 5.41) is 11.3. The van der Waals surface area contributed by atoms with Gasteiger partial charge in [-0.05, 0) is 161 Å². The van der Waals surface area contributed by atoms with Crippen molar-refractivity contribution in [2.75, 3.05) is 0 Å². The van der Waals surface area contributed by atoms with Gasteiger partial charge in [0.1, 0.15) is 0 Å². The first kappa shape index (κ1) is 52.0. The summed E-state index contributed by atoms with van der Waals surface area (Å²) < 4.78 is 2.39. The highest BCUT2D eigenvalue weighted by atomic mass is 15.0. The van der Waals surface area contributed by atoms with E-state index in [0.717, 1.165) is 138 Å². The number of aromatic nitrogens is 5. The third kappa shape index (κ3) is 8.93. The molecule has 0 radical (unpaired) electrons. The molecule has 5 heteroatoms. The fourth-order valence-corrected chi connectivity index (χ4v) is 13.9. The molecule has 0 fully saturated rings. The Morgan fingerprint density at radius 3 is 0.824 bits per heavy atom. The number of hydrogen-bond donors (Lipinski definition) is 0. The largest absolute Gasteiger partial charge is 0.309 e. The maximum absolute atomic E-state index is 5.52. The van der Waals surface area contributed by atoms with Crippen LogP contribution in [0.1, 0.15) is 0 Å². The van der Waals surface area contributed by atoms with E-state index >= 15 is 0 Å². The lowest BCUT2D eigenvalue weighted by atomic mass is 9.93. The minimum Gasteiger partial charge on any atom is -0.309 e. The van der Waals surface area contributed by atoms with Crippen molar-refractivity contribution in [2.24, 2.45) is 0 Å². The number of nitrogens with zero attached hydrogens (tertiary/aromatic N) is 5. The minimum atomic E-state index is 0.822. The van der Waals surface area contributed by atoms with Crippen molar-refractivity contribution in [3.05, 3.63) is 322 Å². The molecule has 0 saturated heterocycles. The molecule has 0 bridgehead atoms. The second kappa shape index (κ2) is 21.3. The Labute approximate surface area is 525 Å². The zero-order valence-corrected chi connectivity index (χ0v) is 49.3. The van der Waals surface area contributed by atoms with E-state index in [0.29, 0.717) is 0 Å². The molecule has 18 rings (SSSR count). The van der Waals surface area contributed by atoms with Crippen LogP contribution in [-0.2, 0) is 0 Å². The average molecular weight is 1160 g/mol. The van der Waals surface area contributed by atoms with Crippen molar-refractivity contribution in [1.29, 1.82) is 0 Å². The molecule has 18 aromatic rings. The van der Waals surface area contributed by atoms with Crippen LogP contribution < -0.4 is 0 Å². The van der Waals surface area contributed by atoms with Crippen LogP contribution in [0.25, 0.3) is 182 Å². The zero-order chi connectivity index (χ0) is 59.9. The van der Waals surface area contributed by atoms with E-state index in [1.807, 2.05) is 12.4 Å². The highest BCUT2D eigenvalue weighted by Crippen LogP contribution is 2.43. The monoisotopic (exact) mass is 1160 g/mol. The van der Waals surface area contributed by atoms with Crippen LogP contribution in [-0.4, -0.2) is 24.5 Å². The van der Waals surface area contributed by atoms with Gasteiger partial charge >= 0.3 is 0 Å². The molecule has 0 aliphatic rings. The molecule has 91 heavy (non-hydrogen) atoms. The first-order chi connectivity index (χ1) is 45.1. The van der Waals surface area contributed by atoms with Gasteiger partial charge in [0.05, 0.1) is 56.9 Å². The van der Waals surface area contributed by atoms with Crippen molar-refractivity contribution in [3.8, 4) is 95.0 Å². The molecular formula is C86H53N5. The standard InChI is InChI=1S/C86H53N5/c1-6-18-54(19-7-1)60-32-38-69-73(46-60)75-48-62(56-22-10-3-11-23-56)34-40-71(75)85-83(69)87-52-79(89-85)66-28-16-26-58(44-66)64-36-42-81-77(50-64)78-51-65(37-43-82(78)91(81)68-30-14-5-15-31-68)59-27-17-29-67(45-59)80-53-88-84-70-39-33-61(55-20-8-2-9-21-55)47-74(70)76-49-63(57-24-12-4-13-25-57)35-41-72(76)86(84)90-80/h1-53H. The zero-order valence-electron chi connectivity index (χ0n) is 49.3. The van der Waals surface area contributed by atoms with E-state index in [-0.39, 0.29) is 0 Å². The molecule has 0 saturated carbocycles. The molecule has 0 aliphatic heterocycles. The number of para-hydroxylation sites is 1. The number of rotatable bonds is 9. The summed E-state index contributed by atoms with van der Waals surface area (Å²) in [7, 11) is 0. The lowest BCUT2D eigenvalue weighted by Crippen LogP contribution is -1.94. The lowest BCUT2D eigenvalue weighted by molar-refractivity contribution is 1.18. The van der Waals surface area contributed by atoms with Gasteiger partial charge in [0, 0.05) is 49.1 Å². The van der Waals surface area contributed by atoms with Gasteiger partial charge in [-0.15, -0.1) is 0 Å². The third-order valence-corrected chi connectivity index (χ3v) is 18.4. The topological polar surface area (TPSA) is 56.5 Å². The molecule has 0 spiro atoms. The van der Waals surface area contributed by atoms with Gasteiger partial charge in [-0.2, -0.15) is 0 Å². The Morgan fingerprint density at radius 1 is 0.187 bits per heavy atom. The molecule has 15 aromatic carbocycles. The molecule has 3 heterocycles. The predicted molar refractivity (Wildman–Crippen MR) is 380 cm³/mol. The normalized spacial score (nSPS) is 11.7. The maximum atomic E-state index is 5.52. The second-order valence-electron chi connectivity index (χ2n) is 23.7. The van der Waals surface area contributed by atoms with Gasteiger partial charge in [0.2, 0.25) is 0 Å². The highest BCUT2D eigenvalue weighted by molar-refractivity contribution is 6.26. The molecule has 422 valence electrons. The molecule has 3 aromatic heterocycles. The van der Waals surface area contributed by atoms with Crippen LogP contribution in [0.4, 0.5) is 0 Å². The van der Waals surface area contributed by atoms with Crippen molar-refractivity contribution in [1.82, 2.24) is 24.5 Å². The van der Waals surface area contributed by atoms with Crippen LogP contribution >= 0.6 is 0 Å². The molecule has 0 unspecified atom stereocenters. The summed E-state index contributed by atoms with van der Waals surface area (Å²) in [5.41, 5.74) is 24.4. The van der Waals surface area contributed by atoms with E-state index in [1.165, 1.54) is 44.2 Å². The van der Waals surface area contributed by atoms with Gasteiger partial charge in [-0.25, -0.2) is 9.97 Å². The Kier molecular flexibility index (Phi) is 12.2. The summed E-state index contributed by atoms with van der Waals surface area (Å²) in [6.07, 6.45) is 3.89. The summed E-state index contributed by atoms with van der Waals surface area (Å²) in [6, 6.07) is 111. The van der Waals surface area contributed by atoms with Crippen LogP contribution in [0.3, 0.4) is 0 Å². The van der Waals surface area contributed by atoms with Gasteiger partial charge in [-0.1, -0.05) is 237 Å². The van der Waals surface area contributed by atoms with Crippen molar-refractivity contribution in [2.45, 2.75) is 0 Å². The number of fused-ring (bicyclic) bond motifs is 15. The SMILES string of the molecule is c1ccc(-c2ccc3c(c2)c2cc(-c4ccccc4)ccc2c2nc(-c4cccc(-c5ccc6c(c5)c5cc(-c7cccc(-c8cnc9c%10ccc(-c%11ccccc%11)cc%10c%10cc(-c%11ccccc%11)ccc%10c9n8)c7)ccc5n6-c5ccccc5)c4)cnc32)cc1. The highest BCUT2D eigenvalue weighted by Gasteiger charge is 2.20. The quantitative estimate of drug-likeness (QED) is 0.135. The average Bonchev–Trinajstić information content (AvgIpc) is 1.56. The first-order valence-electron chi connectivity index (χ1n) is 31.0. The smallest absolute Gasteiger partial charge is 0.0979 e. The first-order valence-corrected chi connectivity index (χ1v) is 31.0. The van der Waals surface area contributed by atoms with E-state index in [4.69, 9.17) is 19.9 Å². The Balaban J connectivity index is 0.735. The Hall–Kier alpha value is -12.2. The molecule has 0 aliphatic carbocycles. The van der Waals surface area contributed by atoms with Crippen molar-refractivity contribution < 1.29 is 0 Å². The Bertz CT molecular complexity index is 5580. The van der Waals surface area contributed by atoms with Crippen LogP contribution in [0.2, 0.25) is 0 Å². The molecular weight excluding hydrogens is 1100 g/mol. The molecule has 0 amide bonds. The van der Waals surface area contributed by atoms with Gasteiger partial charge in [0.25, 0.3) is 0 Å². The Morgan fingerprint density at radius 2 is 0.462 bits per heavy atom. The van der Waals surface area contributed by atoms with E-state index in [9.17, 15) is 0 Å². The fraction of sp³-hybridized carbons (Fsp3) is 0. The fourth-order valence-electron chi connectivity index (χ4n) is 13.9. The maximum Gasteiger partial charge on any atom is 0.0979 e. The molecule has 0 atom stereocenters. The number of benzene rings is 15. The summed E-state index contributed by atoms with van der Waals surface area (Å²) in [5.74, 6) is 0. The summed E-state index contributed by atoms with van der Waals surface area (Å²) in [4.78, 5) is 21.6. The van der Waals surface area contributed by atoms with Crippen molar-refractivity contribution >= 4 is 87.0 Å². The predicted octanol–water partition coefficient (Wildman–Crippen LogP) is 22.6. The summed E-state index contributed by atoms with van der Waals surface area (Å²) >= 11 is 0. The molecule has 0 N–H and O–H groups in total. The molecule has 5 nitrogen and oxygen atoms in total. The van der Waals surface area contributed by atoms with E-state index in [2.05, 4.69) is 314 Å². The summed E-state index contributed by atoms with van der Waals surface area (Å²) in [6.45, 7) is 0. The van der Waals surface area contributed by atoms with E-state index < -0.39 is 0 Å². The van der Waals surface area contributed by atoms with Gasteiger partial charge in [0.15, 0.2) is 0 Å².